The Morgan fingerprint density at radius 2 is 1.44 bits per heavy atom. The van der Waals surface area contributed by atoms with Gasteiger partial charge in [-0.2, -0.15) is 0 Å². The highest BCUT2D eigenvalue weighted by Crippen LogP contribution is 2.32. The van der Waals surface area contributed by atoms with Crippen LogP contribution >= 0.6 is 0 Å². The minimum Gasteiger partial charge on any atom is -0.379 e. The second-order valence-electron chi connectivity index (χ2n) is 9.32. The molecule has 0 aliphatic carbocycles. The Kier molecular flexibility index (Phi) is 11.1. The highest BCUT2D eigenvalue weighted by atomic mass is 19.2. The predicted molar refractivity (Wildman–Crippen MR) is 149 cm³/mol. The molecule has 0 aliphatic rings. The third-order valence-corrected chi connectivity index (χ3v) is 6.39. The Labute approximate surface area is 215 Å². The lowest BCUT2D eigenvalue weighted by molar-refractivity contribution is 0.0566. The van der Waals surface area contributed by atoms with Crippen molar-refractivity contribution in [3.05, 3.63) is 102 Å². The Bertz CT molecular complexity index is 1110. The van der Waals surface area contributed by atoms with Gasteiger partial charge in [-0.1, -0.05) is 98.7 Å². The number of benzene rings is 3. The molecule has 3 aromatic carbocycles. The molecule has 3 heteroatoms. The largest absolute Gasteiger partial charge is 0.379 e. The zero-order valence-electron chi connectivity index (χ0n) is 21.6. The van der Waals surface area contributed by atoms with Crippen molar-refractivity contribution in [2.45, 2.75) is 64.9 Å². The molecule has 0 spiro atoms. The normalized spacial score (nSPS) is 12.2. The SMILES string of the molecule is C=CCc1ccc(-c2ccc(-c3ccc(C=CCCCC(C)OCCCCC)cc3)c(F)c2F)cc1. The highest BCUT2D eigenvalue weighted by Gasteiger charge is 2.16. The third kappa shape index (κ3) is 7.99. The minimum atomic E-state index is -0.823. The van der Waals surface area contributed by atoms with E-state index in [1.807, 2.05) is 54.6 Å². The number of halogens is 2. The molecule has 3 rings (SSSR count). The fourth-order valence-corrected chi connectivity index (χ4v) is 4.22. The lowest BCUT2D eigenvalue weighted by Gasteiger charge is -2.12. The quantitative estimate of drug-likeness (QED) is 0.162. The predicted octanol–water partition coefficient (Wildman–Crippen LogP) is 9.81. The van der Waals surface area contributed by atoms with Crippen molar-refractivity contribution < 1.29 is 13.5 Å². The summed E-state index contributed by atoms with van der Waals surface area (Å²) in [7, 11) is 0. The molecule has 0 N–H and O–H groups in total. The van der Waals surface area contributed by atoms with Crippen molar-refractivity contribution in [1.29, 1.82) is 0 Å². The fraction of sp³-hybridized carbons (Fsp3) is 0.333. The maximum absolute atomic E-state index is 15.0. The van der Waals surface area contributed by atoms with E-state index in [0.29, 0.717) is 17.2 Å². The number of hydrogen-bond acceptors (Lipinski definition) is 1. The van der Waals surface area contributed by atoms with E-state index in [1.54, 1.807) is 12.1 Å². The van der Waals surface area contributed by atoms with Gasteiger partial charge >= 0.3 is 0 Å². The van der Waals surface area contributed by atoms with Crippen molar-refractivity contribution in [2.75, 3.05) is 6.61 Å². The average molecular weight is 489 g/mol. The van der Waals surface area contributed by atoms with Crippen LogP contribution in [-0.2, 0) is 11.2 Å². The van der Waals surface area contributed by atoms with Crippen LogP contribution in [-0.4, -0.2) is 12.7 Å². The lowest BCUT2D eigenvalue weighted by atomic mass is 9.97. The molecule has 1 nitrogen and oxygen atoms in total. The van der Waals surface area contributed by atoms with E-state index in [9.17, 15) is 8.78 Å². The van der Waals surface area contributed by atoms with Gasteiger partial charge in [0.15, 0.2) is 11.6 Å². The van der Waals surface area contributed by atoms with Crippen LogP contribution in [0.3, 0.4) is 0 Å². The number of ether oxygens (including phenoxy) is 1. The number of unbranched alkanes of at least 4 members (excludes halogenated alkanes) is 3. The van der Waals surface area contributed by atoms with Gasteiger partial charge in [0.25, 0.3) is 0 Å². The van der Waals surface area contributed by atoms with Gasteiger partial charge in [-0.3, -0.25) is 0 Å². The molecule has 0 amide bonds. The molecule has 0 heterocycles. The molecule has 0 bridgehead atoms. The van der Waals surface area contributed by atoms with Gasteiger partial charge in [0.05, 0.1) is 6.10 Å². The van der Waals surface area contributed by atoms with Gasteiger partial charge < -0.3 is 4.74 Å². The van der Waals surface area contributed by atoms with E-state index in [1.165, 1.54) is 12.8 Å². The van der Waals surface area contributed by atoms with Crippen molar-refractivity contribution in [3.63, 3.8) is 0 Å². The zero-order chi connectivity index (χ0) is 25.8. The van der Waals surface area contributed by atoms with Gasteiger partial charge in [0, 0.05) is 17.7 Å². The Hall–Kier alpha value is -3.04. The van der Waals surface area contributed by atoms with E-state index in [2.05, 4.69) is 32.6 Å². The maximum Gasteiger partial charge on any atom is 0.167 e. The summed E-state index contributed by atoms with van der Waals surface area (Å²) in [5.74, 6) is -1.64. The van der Waals surface area contributed by atoms with Crippen molar-refractivity contribution in [1.82, 2.24) is 0 Å². The van der Waals surface area contributed by atoms with Crippen LogP contribution in [0.15, 0.2) is 79.4 Å². The summed E-state index contributed by atoms with van der Waals surface area (Å²) in [5, 5.41) is 0. The summed E-state index contributed by atoms with van der Waals surface area (Å²) in [6.07, 6.45) is 13.8. The first-order valence-corrected chi connectivity index (χ1v) is 13.1. The molecule has 190 valence electrons. The number of rotatable bonds is 14. The second kappa shape index (κ2) is 14.5. The van der Waals surface area contributed by atoms with Crippen LogP contribution in [0, 0.1) is 11.6 Å². The van der Waals surface area contributed by atoms with Crippen LogP contribution < -0.4 is 0 Å². The molecule has 1 unspecified atom stereocenters. The van der Waals surface area contributed by atoms with E-state index in [-0.39, 0.29) is 11.1 Å². The molecule has 1 atom stereocenters. The van der Waals surface area contributed by atoms with Crippen LogP contribution in [0.4, 0.5) is 8.78 Å². The fourth-order valence-electron chi connectivity index (χ4n) is 4.22. The lowest BCUT2D eigenvalue weighted by Crippen LogP contribution is -2.08. The molecule has 0 radical (unpaired) electrons. The number of allylic oxidation sites excluding steroid dienone is 2. The molecule has 0 saturated carbocycles. The van der Waals surface area contributed by atoms with E-state index >= 15 is 0 Å². The van der Waals surface area contributed by atoms with Crippen molar-refractivity contribution in [2.24, 2.45) is 0 Å². The van der Waals surface area contributed by atoms with Gasteiger partial charge in [0.2, 0.25) is 0 Å². The molecule has 3 aromatic rings. The van der Waals surface area contributed by atoms with Crippen LogP contribution in [0.5, 0.6) is 0 Å². The molecular weight excluding hydrogens is 450 g/mol. The van der Waals surface area contributed by atoms with Gasteiger partial charge in [-0.15, -0.1) is 6.58 Å². The Morgan fingerprint density at radius 3 is 2.03 bits per heavy atom. The van der Waals surface area contributed by atoms with E-state index in [4.69, 9.17) is 4.74 Å². The monoisotopic (exact) mass is 488 g/mol. The van der Waals surface area contributed by atoms with Crippen LogP contribution in [0.2, 0.25) is 0 Å². The van der Waals surface area contributed by atoms with Crippen LogP contribution in [0.25, 0.3) is 28.3 Å². The first kappa shape index (κ1) is 27.5. The zero-order valence-corrected chi connectivity index (χ0v) is 21.6. The molecular formula is C33H38F2O. The topological polar surface area (TPSA) is 9.23 Å². The molecule has 36 heavy (non-hydrogen) atoms. The first-order chi connectivity index (χ1) is 17.5. The summed E-state index contributed by atoms with van der Waals surface area (Å²) in [6.45, 7) is 8.92. The standard InChI is InChI=1S/C33H38F2O/c1-4-6-10-24-36-25(3)12-8-7-9-13-27-16-20-29(21-17-27)31-23-22-30(32(34)33(31)35)28-18-14-26(11-5-2)15-19-28/h5,9,13-23,25H,2,4,6-8,10-12,24H2,1,3H3. The molecule has 0 fully saturated rings. The summed E-state index contributed by atoms with van der Waals surface area (Å²) in [6, 6.07) is 18.3. The van der Waals surface area contributed by atoms with E-state index in [0.717, 1.165) is 49.8 Å². The highest BCUT2D eigenvalue weighted by molar-refractivity contribution is 5.72. The summed E-state index contributed by atoms with van der Waals surface area (Å²) in [4.78, 5) is 0. The number of hydrogen-bond donors (Lipinski definition) is 0. The Balaban J connectivity index is 1.56. The van der Waals surface area contributed by atoms with Crippen molar-refractivity contribution in [3.8, 4) is 22.3 Å². The third-order valence-electron chi connectivity index (χ3n) is 6.39. The van der Waals surface area contributed by atoms with Crippen molar-refractivity contribution >= 4 is 6.08 Å². The average Bonchev–Trinajstić information content (AvgIpc) is 2.89. The second-order valence-corrected chi connectivity index (χ2v) is 9.32. The maximum atomic E-state index is 15.0. The Morgan fingerprint density at radius 1 is 0.833 bits per heavy atom. The van der Waals surface area contributed by atoms with Crippen LogP contribution in [0.1, 0.15) is 63.5 Å². The van der Waals surface area contributed by atoms with E-state index < -0.39 is 11.6 Å². The first-order valence-electron chi connectivity index (χ1n) is 13.1. The molecule has 0 aromatic heterocycles. The molecule has 0 aliphatic heterocycles. The van der Waals surface area contributed by atoms with Gasteiger partial charge in [-0.25, -0.2) is 8.78 Å². The van der Waals surface area contributed by atoms with Gasteiger partial charge in [-0.05, 0) is 61.3 Å². The summed E-state index contributed by atoms with van der Waals surface area (Å²) < 4.78 is 35.8. The smallest absolute Gasteiger partial charge is 0.167 e. The summed E-state index contributed by atoms with van der Waals surface area (Å²) >= 11 is 0. The molecule has 0 saturated heterocycles. The minimum absolute atomic E-state index is 0.265. The van der Waals surface area contributed by atoms with Gasteiger partial charge in [0.1, 0.15) is 0 Å². The summed E-state index contributed by atoms with van der Waals surface area (Å²) in [5.41, 5.74) is 3.97.